The molecule has 0 unspecified atom stereocenters. The maximum atomic E-state index is 13.7. The van der Waals surface area contributed by atoms with Gasteiger partial charge in [0.25, 0.3) is 11.8 Å². The molecule has 17 heteroatoms. The molecule has 0 N–H and O–H groups in total. The predicted octanol–water partition coefficient (Wildman–Crippen LogP) is 6.01. The normalized spacial score (nSPS) is 16.2. The molecule has 0 saturated heterocycles. The molecule has 0 atom stereocenters. The number of carbonyl (C=O) groups excluding carboxylic acids is 2. The maximum Gasteiger partial charge on any atom is 0.460 e. The minimum Gasteiger partial charge on any atom is -0.494 e. The van der Waals surface area contributed by atoms with Gasteiger partial charge in [-0.1, -0.05) is 0 Å². The lowest BCUT2D eigenvalue weighted by molar-refractivity contribution is -0.440. The van der Waals surface area contributed by atoms with Crippen molar-refractivity contribution >= 4 is 17.5 Å². The van der Waals surface area contributed by atoms with Crippen LogP contribution < -0.4 is 9.64 Å². The van der Waals surface area contributed by atoms with Crippen molar-refractivity contribution in [2.45, 2.75) is 48.6 Å². The molecule has 1 aromatic rings. The average molecular weight is 549 g/mol. The van der Waals surface area contributed by atoms with Crippen molar-refractivity contribution < 1.29 is 71.4 Å². The Hall–Kier alpha value is -3.01. The Balaban J connectivity index is 2.05. The molecule has 0 saturated carbocycles. The Morgan fingerprint density at radius 3 is 1.53 bits per heavy atom. The molecular weight excluding hydrogens is 537 g/mol. The summed E-state index contributed by atoms with van der Waals surface area (Å²) >= 11 is 0. The zero-order valence-electron chi connectivity index (χ0n) is 17.2. The topological polar surface area (TPSA) is 46.6 Å². The second kappa shape index (κ2) is 9.14. The standard InChI is InChI=1S/C19H12F13NO3/c20-14(21,15(22,23)16(24,25)17(26,27)18(28,29)19(30,31)32)8-1-9-36-11-4-2-10(3-5-11)33-12(34)6-7-13(33)35/h2-7H,1,8-9H2. The number of ether oxygens (including phenoxy) is 1. The third-order valence-corrected chi connectivity index (χ3v) is 4.81. The predicted molar refractivity (Wildman–Crippen MR) is 93.6 cm³/mol. The summed E-state index contributed by atoms with van der Waals surface area (Å²) in [7, 11) is 0. The number of anilines is 1. The molecule has 2 rings (SSSR count). The van der Waals surface area contributed by atoms with E-state index in [-0.39, 0.29) is 11.4 Å². The van der Waals surface area contributed by atoms with Crippen LogP contribution in [0.3, 0.4) is 0 Å². The molecule has 202 valence electrons. The van der Waals surface area contributed by atoms with Crippen LogP contribution in [0.1, 0.15) is 12.8 Å². The molecule has 0 aliphatic carbocycles. The number of rotatable bonds is 10. The van der Waals surface area contributed by atoms with Crippen LogP contribution in [0.4, 0.5) is 62.8 Å². The quantitative estimate of drug-likeness (QED) is 0.204. The van der Waals surface area contributed by atoms with E-state index in [1.165, 1.54) is 0 Å². The van der Waals surface area contributed by atoms with E-state index in [1.807, 2.05) is 0 Å². The fourth-order valence-corrected chi connectivity index (χ4v) is 2.79. The molecule has 0 radical (unpaired) electrons. The first-order valence-corrected chi connectivity index (χ1v) is 9.36. The highest BCUT2D eigenvalue weighted by Crippen LogP contribution is 2.60. The number of imide groups is 1. The SMILES string of the molecule is O=C1C=CC(=O)N1c1ccc(OCCCC(F)(F)C(F)(F)C(F)(F)C(F)(F)C(F)(F)C(F)(F)F)cc1. The molecule has 0 fully saturated rings. The highest BCUT2D eigenvalue weighted by atomic mass is 19.4. The number of nitrogens with zero attached hydrogens (tertiary/aromatic N) is 1. The number of halogens is 13. The van der Waals surface area contributed by atoms with Gasteiger partial charge < -0.3 is 4.74 Å². The van der Waals surface area contributed by atoms with Gasteiger partial charge in [-0.3, -0.25) is 9.59 Å². The van der Waals surface area contributed by atoms with Crippen molar-refractivity contribution in [3.63, 3.8) is 0 Å². The summed E-state index contributed by atoms with van der Waals surface area (Å²) in [4.78, 5) is 23.8. The minimum atomic E-state index is -7.93. The van der Waals surface area contributed by atoms with Gasteiger partial charge in [-0.2, -0.15) is 57.1 Å². The maximum absolute atomic E-state index is 13.7. The Labute approximate surface area is 192 Å². The van der Waals surface area contributed by atoms with Crippen LogP contribution in [-0.4, -0.2) is 54.2 Å². The highest BCUT2D eigenvalue weighted by Gasteiger charge is 2.90. The summed E-state index contributed by atoms with van der Waals surface area (Å²) in [5.74, 6) is -38.6. The monoisotopic (exact) mass is 549 g/mol. The largest absolute Gasteiger partial charge is 0.494 e. The van der Waals surface area contributed by atoms with Gasteiger partial charge in [0.1, 0.15) is 5.75 Å². The fraction of sp³-hybridized carbons (Fsp3) is 0.474. The zero-order chi connectivity index (χ0) is 28.0. The van der Waals surface area contributed by atoms with Gasteiger partial charge in [-0.05, 0) is 30.7 Å². The molecule has 2 amide bonds. The summed E-state index contributed by atoms with van der Waals surface area (Å²) in [6.45, 7) is -0.950. The van der Waals surface area contributed by atoms with Crippen LogP contribution in [0.25, 0.3) is 0 Å². The van der Waals surface area contributed by atoms with Crippen LogP contribution >= 0.6 is 0 Å². The molecule has 1 aliphatic rings. The molecule has 0 bridgehead atoms. The number of carbonyl (C=O) groups is 2. The van der Waals surface area contributed by atoms with E-state index >= 15 is 0 Å². The summed E-state index contributed by atoms with van der Waals surface area (Å²) < 4.78 is 175. The fourth-order valence-electron chi connectivity index (χ4n) is 2.79. The number of amides is 2. The first-order chi connectivity index (χ1) is 16.1. The van der Waals surface area contributed by atoms with E-state index in [2.05, 4.69) is 0 Å². The molecule has 0 spiro atoms. The summed E-state index contributed by atoms with van der Waals surface area (Å²) in [6, 6.07) is 4.44. The molecule has 0 aromatic heterocycles. The zero-order valence-corrected chi connectivity index (χ0v) is 17.2. The second-order valence-corrected chi connectivity index (χ2v) is 7.29. The van der Waals surface area contributed by atoms with Gasteiger partial charge in [-0.15, -0.1) is 0 Å². The molecule has 1 heterocycles. The third-order valence-electron chi connectivity index (χ3n) is 4.81. The minimum absolute atomic E-state index is 0.0485. The number of alkyl halides is 13. The second-order valence-electron chi connectivity index (χ2n) is 7.29. The van der Waals surface area contributed by atoms with Crippen LogP contribution in [0.15, 0.2) is 36.4 Å². The Morgan fingerprint density at radius 2 is 1.08 bits per heavy atom. The van der Waals surface area contributed by atoms with Gasteiger partial charge >= 0.3 is 35.8 Å². The van der Waals surface area contributed by atoms with E-state index in [1.54, 1.807) is 0 Å². The molecule has 1 aliphatic heterocycles. The highest BCUT2D eigenvalue weighted by molar-refractivity contribution is 6.28. The van der Waals surface area contributed by atoms with E-state index in [4.69, 9.17) is 4.74 Å². The molecule has 4 nitrogen and oxygen atoms in total. The van der Waals surface area contributed by atoms with Crippen molar-refractivity contribution in [2.24, 2.45) is 0 Å². The number of hydrogen-bond donors (Lipinski definition) is 0. The lowest BCUT2D eigenvalue weighted by Gasteiger charge is -2.39. The first kappa shape index (κ1) is 29.2. The van der Waals surface area contributed by atoms with Crippen LogP contribution in [-0.2, 0) is 9.59 Å². The van der Waals surface area contributed by atoms with E-state index in [0.717, 1.165) is 41.3 Å². The van der Waals surface area contributed by atoms with Crippen molar-refractivity contribution in [1.29, 1.82) is 0 Å². The van der Waals surface area contributed by atoms with Crippen molar-refractivity contribution in [1.82, 2.24) is 0 Å². The summed E-state index contributed by atoms with van der Waals surface area (Å²) in [6.07, 6.45) is -9.17. The van der Waals surface area contributed by atoms with Gasteiger partial charge in [0, 0.05) is 18.6 Å². The van der Waals surface area contributed by atoms with E-state index in [0.29, 0.717) is 0 Å². The first-order valence-electron chi connectivity index (χ1n) is 9.36. The molecule has 36 heavy (non-hydrogen) atoms. The number of hydrogen-bond acceptors (Lipinski definition) is 3. The van der Waals surface area contributed by atoms with E-state index < -0.39 is 67.1 Å². The van der Waals surface area contributed by atoms with Crippen molar-refractivity contribution in [2.75, 3.05) is 11.5 Å². The summed E-state index contributed by atoms with van der Waals surface area (Å²) in [5.41, 5.74) is 0.0485. The third kappa shape index (κ3) is 4.70. The lowest BCUT2D eigenvalue weighted by atomic mass is 9.92. The Morgan fingerprint density at radius 1 is 0.639 bits per heavy atom. The van der Waals surface area contributed by atoms with Gasteiger partial charge in [0.15, 0.2) is 0 Å². The molecular formula is C19H12F13NO3. The van der Waals surface area contributed by atoms with Gasteiger partial charge in [0.2, 0.25) is 0 Å². The Bertz CT molecular complexity index is 998. The summed E-state index contributed by atoms with van der Waals surface area (Å²) in [5, 5.41) is 0. The average Bonchev–Trinajstić information content (AvgIpc) is 3.08. The number of benzene rings is 1. The van der Waals surface area contributed by atoms with Crippen LogP contribution in [0.5, 0.6) is 5.75 Å². The molecule has 1 aromatic carbocycles. The lowest BCUT2D eigenvalue weighted by Crippen LogP contribution is -2.70. The van der Waals surface area contributed by atoms with Crippen molar-refractivity contribution in [3.8, 4) is 5.75 Å². The van der Waals surface area contributed by atoms with Gasteiger partial charge in [-0.25, -0.2) is 4.90 Å². The van der Waals surface area contributed by atoms with Crippen LogP contribution in [0, 0.1) is 0 Å². The van der Waals surface area contributed by atoms with Crippen LogP contribution in [0.2, 0.25) is 0 Å². The Kier molecular flexibility index (Phi) is 7.42. The van der Waals surface area contributed by atoms with E-state index in [9.17, 15) is 66.7 Å². The smallest absolute Gasteiger partial charge is 0.460 e. The van der Waals surface area contributed by atoms with Crippen molar-refractivity contribution in [3.05, 3.63) is 36.4 Å². The van der Waals surface area contributed by atoms with Gasteiger partial charge in [0.05, 0.1) is 12.3 Å².